The van der Waals surface area contributed by atoms with E-state index in [0.29, 0.717) is 11.3 Å². The highest BCUT2D eigenvalue weighted by Crippen LogP contribution is 2.34. The van der Waals surface area contributed by atoms with Gasteiger partial charge in [0.15, 0.2) is 0 Å². The molecule has 0 spiro atoms. The minimum absolute atomic E-state index is 0.282. The van der Waals surface area contributed by atoms with Gasteiger partial charge in [0.05, 0.1) is 28.6 Å². The summed E-state index contributed by atoms with van der Waals surface area (Å²) in [5.74, 6) is 0.517. The topological polar surface area (TPSA) is 95.2 Å². The summed E-state index contributed by atoms with van der Waals surface area (Å²) in [5.41, 5.74) is 8.06. The van der Waals surface area contributed by atoms with Crippen LogP contribution in [0.5, 0.6) is 0 Å². The van der Waals surface area contributed by atoms with E-state index in [9.17, 15) is 4.39 Å². The van der Waals surface area contributed by atoms with Crippen LogP contribution in [0.4, 0.5) is 4.39 Å². The van der Waals surface area contributed by atoms with Crippen LogP contribution in [-0.2, 0) is 6.54 Å². The summed E-state index contributed by atoms with van der Waals surface area (Å²) in [6.45, 7) is 1.86. The number of rotatable bonds is 7. The third-order valence-electron chi connectivity index (χ3n) is 7.70. The van der Waals surface area contributed by atoms with E-state index in [-0.39, 0.29) is 5.82 Å². The van der Waals surface area contributed by atoms with Gasteiger partial charge in [-0.1, -0.05) is 31.0 Å². The Morgan fingerprint density at radius 2 is 1.77 bits per heavy atom. The molecule has 6 aromatic rings. The van der Waals surface area contributed by atoms with Crippen LogP contribution in [0.1, 0.15) is 31.2 Å². The zero-order valence-corrected chi connectivity index (χ0v) is 21.4. The van der Waals surface area contributed by atoms with Crippen molar-refractivity contribution in [3.63, 3.8) is 0 Å². The Morgan fingerprint density at radius 3 is 2.67 bits per heavy atom. The van der Waals surface area contributed by atoms with E-state index in [1.807, 2.05) is 36.7 Å². The fraction of sp³-hybridized carbons (Fsp3) is 0.226. The fourth-order valence-electron chi connectivity index (χ4n) is 5.68. The van der Waals surface area contributed by atoms with Gasteiger partial charge in [0.2, 0.25) is 0 Å². The first-order chi connectivity index (χ1) is 19.2. The molecule has 1 aromatic carbocycles. The normalized spacial score (nSPS) is 14.1. The lowest BCUT2D eigenvalue weighted by atomic mass is 10.0. The summed E-state index contributed by atoms with van der Waals surface area (Å²) in [6, 6.07) is 14.9. The zero-order chi connectivity index (χ0) is 26.2. The van der Waals surface area contributed by atoms with Gasteiger partial charge in [-0.3, -0.25) is 15.1 Å². The van der Waals surface area contributed by atoms with Crippen LogP contribution in [-0.4, -0.2) is 36.7 Å². The first kappa shape index (κ1) is 23.7. The first-order valence-corrected chi connectivity index (χ1v) is 13.4. The molecule has 1 aliphatic carbocycles. The molecule has 0 amide bonds. The van der Waals surface area contributed by atoms with Gasteiger partial charge >= 0.3 is 0 Å². The second kappa shape index (κ2) is 10.0. The molecule has 3 N–H and O–H groups in total. The van der Waals surface area contributed by atoms with E-state index in [2.05, 4.69) is 36.5 Å². The van der Waals surface area contributed by atoms with Gasteiger partial charge in [-0.15, -0.1) is 0 Å². The number of hydrogen-bond acceptors (Lipinski definition) is 5. The van der Waals surface area contributed by atoms with Gasteiger partial charge in [0.25, 0.3) is 0 Å². The third kappa shape index (κ3) is 4.57. The van der Waals surface area contributed by atoms with Gasteiger partial charge in [0, 0.05) is 47.2 Å². The Balaban J connectivity index is 1.21. The molecular weight excluding hydrogens is 489 g/mol. The summed E-state index contributed by atoms with van der Waals surface area (Å²) < 4.78 is 14.6. The Labute approximate surface area is 224 Å². The molecule has 0 atom stereocenters. The number of pyridine rings is 3. The number of hydrogen-bond donors (Lipinski definition) is 3. The van der Waals surface area contributed by atoms with Crippen molar-refractivity contribution in [3.8, 4) is 33.8 Å². The van der Waals surface area contributed by atoms with Crippen LogP contribution in [0.25, 0.3) is 55.7 Å². The Morgan fingerprint density at radius 1 is 0.897 bits per heavy atom. The van der Waals surface area contributed by atoms with E-state index in [1.165, 1.54) is 31.7 Å². The molecule has 7 nitrogen and oxygen atoms in total. The van der Waals surface area contributed by atoms with Gasteiger partial charge < -0.3 is 10.3 Å². The molecule has 1 fully saturated rings. The van der Waals surface area contributed by atoms with Gasteiger partial charge in [-0.25, -0.2) is 9.37 Å². The van der Waals surface area contributed by atoms with Crippen LogP contribution < -0.4 is 5.32 Å². The number of aromatic amines is 2. The average molecular weight is 518 g/mol. The molecule has 39 heavy (non-hydrogen) atoms. The van der Waals surface area contributed by atoms with Crippen molar-refractivity contribution in [3.05, 3.63) is 84.7 Å². The van der Waals surface area contributed by atoms with E-state index in [1.54, 1.807) is 24.5 Å². The fourth-order valence-corrected chi connectivity index (χ4v) is 5.68. The number of fused-ring (bicyclic) bond motifs is 2. The first-order valence-electron chi connectivity index (χ1n) is 13.4. The molecule has 0 saturated heterocycles. The minimum atomic E-state index is -0.282. The number of nitrogens with one attached hydrogen (secondary N) is 3. The average Bonchev–Trinajstić information content (AvgIpc) is 3.73. The lowest BCUT2D eigenvalue weighted by molar-refractivity contribution is 0.489. The molecule has 1 aliphatic rings. The quantitative estimate of drug-likeness (QED) is 0.220. The van der Waals surface area contributed by atoms with Gasteiger partial charge in [-0.2, -0.15) is 5.10 Å². The van der Waals surface area contributed by atoms with Crippen molar-refractivity contribution in [2.24, 2.45) is 5.92 Å². The molecule has 7 rings (SSSR count). The molecule has 0 radical (unpaired) electrons. The van der Waals surface area contributed by atoms with Crippen molar-refractivity contribution in [1.29, 1.82) is 0 Å². The molecule has 5 aromatic heterocycles. The second-order valence-corrected chi connectivity index (χ2v) is 10.3. The SMILES string of the molecule is Fc1ccccc1-c1cncc2[nH]c(-c3n[nH]c4ccc(-c5cncc(CNCC6CCCC6)c5)nc34)cc12. The molecule has 0 bridgehead atoms. The molecule has 0 unspecified atom stereocenters. The maximum atomic E-state index is 14.6. The van der Waals surface area contributed by atoms with E-state index >= 15 is 0 Å². The highest BCUT2D eigenvalue weighted by atomic mass is 19.1. The summed E-state index contributed by atoms with van der Waals surface area (Å²) in [6.07, 6.45) is 12.6. The predicted molar refractivity (Wildman–Crippen MR) is 151 cm³/mol. The van der Waals surface area contributed by atoms with Gasteiger partial charge in [-0.05, 0) is 61.2 Å². The Bertz CT molecular complexity index is 1780. The molecular formula is C31H28FN7. The number of benzene rings is 1. The standard InChI is InChI=1S/C31H28FN7/c32-25-8-4-3-7-22(25)24-17-35-18-29-23(24)12-28(36-29)31-30-27(38-39-31)10-9-26(37-30)21-11-20(15-34-16-21)14-33-13-19-5-1-2-6-19/h3-4,7-12,15-19,33,36H,1-2,5-6,13-14H2,(H,38,39). The van der Waals surface area contributed by atoms with Crippen molar-refractivity contribution in [1.82, 2.24) is 35.5 Å². The van der Waals surface area contributed by atoms with Crippen LogP contribution >= 0.6 is 0 Å². The number of nitrogens with zero attached hydrogens (tertiary/aromatic N) is 4. The van der Waals surface area contributed by atoms with Crippen molar-refractivity contribution < 1.29 is 4.39 Å². The zero-order valence-electron chi connectivity index (χ0n) is 21.4. The van der Waals surface area contributed by atoms with Gasteiger partial charge in [0.1, 0.15) is 17.0 Å². The van der Waals surface area contributed by atoms with E-state index in [4.69, 9.17) is 4.98 Å². The minimum Gasteiger partial charge on any atom is -0.352 e. The van der Waals surface area contributed by atoms with E-state index < -0.39 is 0 Å². The molecule has 194 valence electrons. The lowest BCUT2D eigenvalue weighted by Gasteiger charge is -2.11. The van der Waals surface area contributed by atoms with Crippen LogP contribution in [0, 0.1) is 11.7 Å². The maximum Gasteiger partial charge on any atom is 0.135 e. The number of aromatic nitrogens is 6. The van der Waals surface area contributed by atoms with Crippen molar-refractivity contribution in [2.45, 2.75) is 32.2 Å². The maximum absolute atomic E-state index is 14.6. The van der Waals surface area contributed by atoms with Crippen molar-refractivity contribution >= 4 is 21.9 Å². The Kier molecular flexibility index (Phi) is 6.09. The lowest BCUT2D eigenvalue weighted by Crippen LogP contribution is -2.20. The van der Waals surface area contributed by atoms with Crippen LogP contribution in [0.3, 0.4) is 0 Å². The molecule has 5 heterocycles. The highest BCUT2D eigenvalue weighted by Gasteiger charge is 2.17. The van der Waals surface area contributed by atoms with E-state index in [0.717, 1.165) is 69.0 Å². The summed E-state index contributed by atoms with van der Waals surface area (Å²) in [7, 11) is 0. The smallest absolute Gasteiger partial charge is 0.135 e. The highest BCUT2D eigenvalue weighted by molar-refractivity contribution is 6.00. The summed E-state index contributed by atoms with van der Waals surface area (Å²) in [5, 5.41) is 12.1. The second-order valence-electron chi connectivity index (χ2n) is 10.3. The third-order valence-corrected chi connectivity index (χ3v) is 7.70. The molecule has 8 heteroatoms. The van der Waals surface area contributed by atoms with Crippen molar-refractivity contribution in [2.75, 3.05) is 6.54 Å². The monoisotopic (exact) mass is 517 g/mol. The summed E-state index contributed by atoms with van der Waals surface area (Å²) in [4.78, 5) is 17.2. The molecule has 1 saturated carbocycles. The number of halogens is 1. The molecule has 0 aliphatic heterocycles. The number of H-pyrrole nitrogens is 2. The van der Waals surface area contributed by atoms with Crippen LogP contribution in [0.2, 0.25) is 0 Å². The predicted octanol–water partition coefficient (Wildman–Crippen LogP) is 6.65. The Hall–Kier alpha value is -4.43. The largest absolute Gasteiger partial charge is 0.352 e. The van der Waals surface area contributed by atoms with Crippen LogP contribution in [0.15, 0.2) is 73.3 Å². The summed E-state index contributed by atoms with van der Waals surface area (Å²) >= 11 is 0.